The summed E-state index contributed by atoms with van der Waals surface area (Å²) in [6.45, 7) is 5.59. The summed E-state index contributed by atoms with van der Waals surface area (Å²) in [6.07, 6.45) is 7.85. The maximum atomic E-state index is 6.06. The van der Waals surface area contributed by atoms with Crippen LogP contribution in [0.25, 0.3) is 0 Å². The van der Waals surface area contributed by atoms with Gasteiger partial charge in [0, 0.05) is 25.3 Å². The highest BCUT2D eigenvalue weighted by atomic mass is 16.5. The zero-order valence-corrected chi connectivity index (χ0v) is 13.6. The number of nitrogens with one attached hydrogen (secondary N) is 1. The fourth-order valence-corrected chi connectivity index (χ4v) is 2.73. The lowest BCUT2D eigenvalue weighted by molar-refractivity contribution is 0.114. The summed E-state index contributed by atoms with van der Waals surface area (Å²) in [7, 11) is 2.18. The van der Waals surface area contributed by atoms with Crippen molar-refractivity contribution in [1.82, 2.24) is 4.90 Å². The van der Waals surface area contributed by atoms with Crippen molar-refractivity contribution in [3.8, 4) is 5.75 Å². The van der Waals surface area contributed by atoms with Crippen molar-refractivity contribution in [3.05, 3.63) is 24.3 Å². The minimum absolute atomic E-state index is 0.383. The van der Waals surface area contributed by atoms with Crippen LogP contribution in [0.4, 0.5) is 5.69 Å². The van der Waals surface area contributed by atoms with Crippen molar-refractivity contribution in [2.45, 2.75) is 51.6 Å². The first-order valence-electron chi connectivity index (χ1n) is 8.47. The van der Waals surface area contributed by atoms with E-state index in [0.29, 0.717) is 6.10 Å². The maximum absolute atomic E-state index is 6.06. The lowest BCUT2D eigenvalue weighted by atomic mass is 10.1. The molecule has 0 amide bonds. The van der Waals surface area contributed by atoms with Crippen LogP contribution in [0.15, 0.2) is 24.3 Å². The molecule has 1 saturated heterocycles. The zero-order valence-electron chi connectivity index (χ0n) is 13.6. The number of piperidine rings is 1. The molecule has 0 spiro atoms. The Bertz CT molecular complexity index is 383. The van der Waals surface area contributed by atoms with E-state index in [2.05, 4.69) is 48.5 Å². The summed E-state index contributed by atoms with van der Waals surface area (Å²) in [6, 6.07) is 8.44. The van der Waals surface area contributed by atoms with Gasteiger partial charge < -0.3 is 15.0 Å². The largest absolute Gasteiger partial charge is 0.490 e. The minimum atomic E-state index is 0.383. The van der Waals surface area contributed by atoms with Crippen molar-refractivity contribution >= 4 is 5.69 Å². The maximum Gasteiger partial charge on any atom is 0.119 e. The fraction of sp³-hybridized carbons (Fsp3) is 0.667. The third kappa shape index (κ3) is 5.96. The van der Waals surface area contributed by atoms with Gasteiger partial charge in [-0.25, -0.2) is 0 Å². The Kier molecular flexibility index (Phi) is 6.87. The molecular formula is C18H30N2O. The minimum Gasteiger partial charge on any atom is -0.490 e. The Labute approximate surface area is 129 Å². The van der Waals surface area contributed by atoms with Gasteiger partial charge in [0.05, 0.1) is 0 Å². The van der Waals surface area contributed by atoms with Crippen molar-refractivity contribution in [1.29, 1.82) is 0 Å². The number of likely N-dealkylation sites (tertiary alicyclic amines) is 1. The highest BCUT2D eigenvalue weighted by Crippen LogP contribution is 2.20. The van der Waals surface area contributed by atoms with E-state index in [1.165, 1.54) is 31.4 Å². The Morgan fingerprint density at radius 1 is 1.10 bits per heavy atom. The second kappa shape index (κ2) is 8.93. The average molecular weight is 290 g/mol. The molecule has 0 aliphatic carbocycles. The van der Waals surface area contributed by atoms with Crippen LogP contribution in [0.5, 0.6) is 5.75 Å². The van der Waals surface area contributed by atoms with Gasteiger partial charge in [-0.3, -0.25) is 0 Å². The molecule has 1 aromatic rings. The van der Waals surface area contributed by atoms with Crippen molar-refractivity contribution < 1.29 is 4.74 Å². The van der Waals surface area contributed by atoms with Gasteiger partial charge in [-0.1, -0.05) is 26.2 Å². The van der Waals surface area contributed by atoms with E-state index < -0.39 is 0 Å². The molecule has 0 aromatic heterocycles. The summed E-state index contributed by atoms with van der Waals surface area (Å²) < 4.78 is 6.06. The second-order valence-electron chi connectivity index (χ2n) is 6.13. The average Bonchev–Trinajstić information content (AvgIpc) is 2.51. The molecular weight excluding hydrogens is 260 g/mol. The second-order valence-corrected chi connectivity index (χ2v) is 6.13. The number of anilines is 1. The van der Waals surface area contributed by atoms with E-state index >= 15 is 0 Å². The number of hydrogen-bond acceptors (Lipinski definition) is 3. The molecule has 0 bridgehead atoms. The number of ether oxygens (including phenoxy) is 1. The third-order valence-corrected chi connectivity index (χ3v) is 4.18. The van der Waals surface area contributed by atoms with Gasteiger partial charge in [0.2, 0.25) is 0 Å². The molecule has 2 rings (SSSR count). The highest BCUT2D eigenvalue weighted by molar-refractivity contribution is 5.46. The monoisotopic (exact) mass is 290 g/mol. The Morgan fingerprint density at radius 2 is 1.81 bits per heavy atom. The molecule has 1 N–H and O–H groups in total. The van der Waals surface area contributed by atoms with Gasteiger partial charge >= 0.3 is 0 Å². The summed E-state index contributed by atoms with van der Waals surface area (Å²) in [5.41, 5.74) is 1.20. The van der Waals surface area contributed by atoms with Gasteiger partial charge in [-0.2, -0.15) is 0 Å². The number of nitrogens with zero attached hydrogens (tertiary/aromatic N) is 1. The summed E-state index contributed by atoms with van der Waals surface area (Å²) >= 11 is 0. The molecule has 3 heteroatoms. The lowest BCUT2D eigenvalue weighted by Gasteiger charge is -2.29. The van der Waals surface area contributed by atoms with E-state index in [1.54, 1.807) is 0 Å². The first kappa shape index (κ1) is 16.2. The SMILES string of the molecule is CCCCCCNc1ccc(OC2CCN(C)CC2)cc1. The van der Waals surface area contributed by atoms with Gasteiger partial charge in [-0.15, -0.1) is 0 Å². The first-order valence-corrected chi connectivity index (χ1v) is 8.47. The summed E-state index contributed by atoms with van der Waals surface area (Å²) in [5.74, 6) is 1.00. The Balaban J connectivity index is 1.69. The number of unbranched alkanes of at least 4 members (excludes halogenated alkanes) is 3. The zero-order chi connectivity index (χ0) is 14.9. The highest BCUT2D eigenvalue weighted by Gasteiger charge is 2.17. The quantitative estimate of drug-likeness (QED) is 0.728. The van der Waals surface area contributed by atoms with Crippen LogP contribution in [0.1, 0.15) is 45.4 Å². The Hall–Kier alpha value is -1.22. The molecule has 1 aromatic carbocycles. The van der Waals surface area contributed by atoms with Gasteiger partial charge in [0.25, 0.3) is 0 Å². The van der Waals surface area contributed by atoms with Gasteiger partial charge in [0.1, 0.15) is 11.9 Å². The number of hydrogen-bond donors (Lipinski definition) is 1. The van der Waals surface area contributed by atoms with E-state index in [4.69, 9.17) is 4.74 Å². The van der Waals surface area contributed by atoms with Crippen LogP contribution < -0.4 is 10.1 Å². The van der Waals surface area contributed by atoms with E-state index in [-0.39, 0.29) is 0 Å². The van der Waals surface area contributed by atoms with Crippen molar-refractivity contribution in [2.24, 2.45) is 0 Å². The summed E-state index contributed by atoms with van der Waals surface area (Å²) in [5, 5.41) is 3.48. The van der Waals surface area contributed by atoms with Crippen molar-refractivity contribution in [3.63, 3.8) is 0 Å². The van der Waals surface area contributed by atoms with E-state index in [0.717, 1.165) is 38.2 Å². The molecule has 1 aliphatic rings. The molecule has 21 heavy (non-hydrogen) atoms. The van der Waals surface area contributed by atoms with Gasteiger partial charge in [0.15, 0.2) is 0 Å². The fourth-order valence-electron chi connectivity index (χ4n) is 2.73. The standard InChI is InChI=1S/C18H30N2O/c1-3-4-5-6-13-19-16-7-9-17(10-8-16)21-18-11-14-20(2)15-12-18/h7-10,18-19H,3-6,11-15H2,1-2H3. The predicted octanol–water partition coefficient (Wildman–Crippen LogP) is 4.15. The first-order chi connectivity index (χ1) is 10.3. The van der Waals surface area contributed by atoms with Gasteiger partial charge in [-0.05, 0) is 50.6 Å². The third-order valence-electron chi connectivity index (χ3n) is 4.18. The summed E-state index contributed by atoms with van der Waals surface area (Å²) in [4.78, 5) is 2.37. The smallest absolute Gasteiger partial charge is 0.119 e. The molecule has 1 heterocycles. The van der Waals surface area contributed by atoms with Crippen LogP contribution in [0.2, 0.25) is 0 Å². The van der Waals surface area contributed by atoms with Crippen LogP contribution in [-0.2, 0) is 0 Å². The number of benzene rings is 1. The Morgan fingerprint density at radius 3 is 2.48 bits per heavy atom. The van der Waals surface area contributed by atoms with Crippen LogP contribution in [-0.4, -0.2) is 37.7 Å². The molecule has 3 nitrogen and oxygen atoms in total. The lowest BCUT2D eigenvalue weighted by Crippen LogP contribution is -2.35. The van der Waals surface area contributed by atoms with E-state index in [1.807, 2.05) is 0 Å². The van der Waals surface area contributed by atoms with E-state index in [9.17, 15) is 0 Å². The van der Waals surface area contributed by atoms with Crippen molar-refractivity contribution in [2.75, 3.05) is 32.0 Å². The molecule has 0 unspecified atom stereocenters. The molecule has 1 aliphatic heterocycles. The van der Waals surface area contributed by atoms with Crippen LogP contribution in [0, 0.1) is 0 Å². The topological polar surface area (TPSA) is 24.5 Å². The molecule has 118 valence electrons. The molecule has 0 saturated carbocycles. The van der Waals surface area contributed by atoms with Crippen LogP contribution in [0.3, 0.4) is 0 Å². The molecule has 0 radical (unpaired) electrons. The normalized spacial score (nSPS) is 16.9. The number of rotatable bonds is 8. The predicted molar refractivity (Wildman–Crippen MR) is 90.2 cm³/mol. The van der Waals surface area contributed by atoms with Crippen LogP contribution >= 0.6 is 0 Å². The molecule has 1 fully saturated rings. The molecule has 0 atom stereocenters.